The Morgan fingerprint density at radius 3 is 2.68 bits per heavy atom. The SMILES string of the molecule is C[C@]1(CCC(=O)NCCc2c[nH]c3ccccc23)C(=O)CC[C@@H]2[C@@H]1C(=O)C[C@]1(C)C(=O)CC[C@@H]21. The number of hydrogen-bond donors (Lipinski definition) is 2. The van der Waals surface area contributed by atoms with E-state index in [9.17, 15) is 19.2 Å². The molecule has 6 nitrogen and oxygen atoms in total. The summed E-state index contributed by atoms with van der Waals surface area (Å²) in [5.41, 5.74) is 0.870. The Kier molecular flexibility index (Phi) is 5.73. The van der Waals surface area contributed by atoms with Crippen LogP contribution in [0, 0.1) is 28.6 Å². The second-order valence-electron chi connectivity index (χ2n) is 11.1. The fourth-order valence-electron chi connectivity index (χ4n) is 7.34. The molecular formula is C28H34N2O4. The van der Waals surface area contributed by atoms with Crippen LogP contribution in [-0.2, 0) is 25.6 Å². The van der Waals surface area contributed by atoms with Crippen LogP contribution in [0.5, 0.6) is 0 Å². The van der Waals surface area contributed by atoms with Crippen molar-refractivity contribution >= 4 is 34.2 Å². The average molecular weight is 463 g/mol. The van der Waals surface area contributed by atoms with Crippen molar-refractivity contribution in [3.63, 3.8) is 0 Å². The smallest absolute Gasteiger partial charge is 0.220 e. The van der Waals surface area contributed by atoms with E-state index in [2.05, 4.69) is 16.4 Å². The maximum atomic E-state index is 13.3. The molecule has 3 aliphatic carbocycles. The van der Waals surface area contributed by atoms with Crippen molar-refractivity contribution in [2.24, 2.45) is 28.6 Å². The minimum atomic E-state index is -0.818. The van der Waals surface area contributed by atoms with Crippen LogP contribution in [-0.4, -0.2) is 34.8 Å². The number of para-hydroxylation sites is 1. The number of amides is 1. The molecule has 0 spiro atoms. The molecule has 3 fully saturated rings. The van der Waals surface area contributed by atoms with Gasteiger partial charge in [-0.25, -0.2) is 0 Å². The highest BCUT2D eigenvalue weighted by Crippen LogP contribution is 2.60. The largest absolute Gasteiger partial charge is 0.361 e. The highest BCUT2D eigenvalue weighted by atomic mass is 16.2. The Bertz CT molecular complexity index is 1170. The first kappa shape index (κ1) is 23.0. The number of hydrogen-bond acceptors (Lipinski definition) is 4. The number of H-pyrrole nitrogens is 1. The maximum absolute atomic E-state index is 13.3. The predicted octanol–water partition coefficient (Wildman–Crippen LogP) is 4.17. The lowest BCUT2D eigenvalue weighted by molar-refractivity contribution is -0.160. The summed E-state index contributed by atoms with van der Waals surface area (Å²) in [5, 5.41) is 4.16. The van der Waals surface area contributed by atoms with Gasteiger partial charge in [0, 0.05) is 66.1 Å². The highest BCUT2D eigenvalue weighted by Gasteiger charge is 2.62. The standard InChI is InChI=1S/C28H34N2O4/c1-27(13-11-25(34)29-14-12-17-16-30-21-6-4-3-5-18(17)21)23(32)9-7-19-20-8-10-24(33)28(20,2)15-22(31)26(19)27/h3-6,16,19-20,26,30H,7-15H2,1-2H3,(H,29,34)/t19-,20-,26+,27-,28-/m0/s1. The second kappa shape index (κ2) is 8.47. The summed E-state index contributed by atoms with van der Waals surface area (Å²) >= 11 is 0. The zero-order valence-corrected chi connectivity index (χ0v) is 20.1. The van der Waals surface area contributed by atoms with Crippen molar-refractivity contribution in [2.45, 2.75) is 65.2 Å². The summed E-state index contributed by atoms with van der Waals surface area (Å²) in [6.07, 6.45) is 6.06. The zero-order valence-electron chi connectivity index (χ0n) is 20.1. The maximum Gasteiger partial charge on any atom is 0.220 e. The van der Waals surface area contributed by atoms with E-state index in [-0.39, 0.29) is 53.9 Å². The number of nitrogens with one attached hydrogen (secondary N) is 2. The Balaban J connectivity index is 1.22. The molecule has 6 heteroatoms. The third kappa shape index (κ3) is 3.62. The van der Waals surface area contributed by atoms with Crippen LogP contribution < -0.4 is 5.32 Å². The van der Waals surface area contributed by atoms with Crippen LogP contribution in [0.2, 0.25) is 0 Å². The summed E-state index contributed by atoms with van der Waals surface area (Å²) < 4.78 is 0. The molecule has 1 heterocycles. The van der Waals surface area contributed by atoms with Crippen molar-refractivity contribution < 1.29 is 19.2 Å². The molecule has 1 aromatic carbocycles. The Labute approximate surface area is 200 Å². The van der Waals surface area contributed by atoms with Crippen LogP contribution in [0.1, 0.15) is 64.4 Å². The topological polar surface area (TPSA) is 96.1 Å². The van der Waals surface area contributed by atoms with Gasteiger partial charge < -0.3 is 10.3 Å². The van der Waals surface area contributed by atoms with E-state index in [1.54, 1.807) is 0 Å². The van der Waals surface area contributed by atoms with Gasteiger partial charge in [-0.1, -0.05) is 32.0 Å². The fraction of sp³-hybridized carbons (Fsp3) is 0.571. The van der Waals surface area contributed by atoms with Crippen LogP contribution in [0.4, 0.5) is 0 Å². The lowest BCUT2D eigenvalue weighted by atomic mass is 9.48. The van der Waals surface area contributed by atoms with Crippen LogP contribution in [0.15, 0.2) is 30.5 Å². The number of aromatic nitrogens is 1. The van der Waals surface area contributed by atoms with Crippen molar-refractivity contribution in [3.05, 3.63) is 36.0 Å². The third-order valence-corrected chi connectivity index (χ3v) is 9.26. The molecule has 0 saturated heterocycles. The van der Waals surface area contributed by atoms with Crippen molar-refractivity contribution in [3.8, 4) is 0 Å². The number of fused-ring (bicyclic) bond motifs is 4. The van der Waals surface area contributed by atoms with Crippen molar-refractivity contribution in [1.29, 1.82) is 0 Å². The Morgan fingerprint density at radius 2 is 1.85 bits per heavy atom. The number of carbonyl (C=O) groups excluding carboxylic acids is 4. The lowest BCUT2D eigenvalue weighted by Gasteiger charge is -2.52. The molecule has 2 aromatic rings. The molecule has 1 aromatic heterocycles. The van der Waals surface area contributed by atoms with E-state index in [0.717, 1.165) is 29.3 Å². The average Bonchev–Trinajstić information content (AvgIpc) is 3.35. The van der Waals surface area contributed by atoms with Gasteiger partial charge in [-0.3, -0.25) is 19.2 Å². The van der Waals surface area contributed by atoms with Gasteiger partial charge in [0.1, 0.15) is 17.3 Å². The van der Waals surface area contributed by atoms with Crippen LogP contribution in [0.25, 0.3) is 10.9 Å². The quantitative estimate of drug-likeness (QED) is 0.674. The minimum Gasteiger partial charge on any atom is -0.361 e. The van der Waals surface area contributed by atoms with Gasteiger partial charge in [-0.15, -0.1) is 0 Å². The van der Waals surface area contributed by atoms with Crippen molar-refractivity contribution in [1.82, 2.24) is 10.3 Å². The fourth-order valence-corrected chi connectivity index (χ4v) is 7.34. The van der Waals surface area contributed by atoms with Crippen molar-refractivity contribution in [2.75, 3.05) is 6.54 Å². The lowest BCUT2D eigenvalue weighted by Crippen LogP contribution is -2.56. The normalized spacial score (nSPS) is 33.1. The van der Waals surface area contributed by atoms with Gasteiger partial charge in [0.2, 0.25) is 5.91 Å². The van der Waals surface area contributed by atoms with Gasteiger partial charge >= 0.3 is 0 Å². The van der Waals surface area contributed by atoms with Gasteiger partial charge in [-0.05, 0) is 49.1 Å². The first-order chi connectivity index (χ1) is 16.2. The Morgan fingerprint density at radius 1 is 1.09 bits per heavy atom. The third-order valence-electron chi connectivity index (χ3n) is 9.26. The van der Waals surface area contributed by atoms with Gasteiger partial charge in [0.15, 0.2) is 0 Å². The van der Waals surface area contributed by atoms with E-state index < -0.39 is 10.8 Å². The summed E-state index contributed by atoms with van der Waals surface area (Å²) in [6, 6.07) is 8.09. The number of carbonyl (C=O) groups is 4. The van der Waals surface area contributed by atoms with E-state index >= 15 is 0 Å². The van der Waals surface area contributed by atoms with E-state index in [4.69, 9.17) is 0 Å². The number of Topliss-reactive ketones (excluding diaryl/α,β-unsaturated/α-hetero) is 3. The van der Waals surface area contributed by atoms with Gasteiger partial charge in [0.25, 0.3) is 0 Å². The molecule has 0 bridgehead atoms. The van der Waals surface area contributed by atoms with Crippen LogP contribution in [0.3, 0.4) is 0 Å². The highest BCUT2D eigenvalue weighted by molar-refractivity contribution is 5.99. The molecule has 0 aliphatic heterocycles. The number of rotatable bonds is 6. The molecule has 180 valence electrons. The molecule has 0 radical (unpaired) electrons. The van der Waals surface area contributed by atoms with Crippen LogP contribution >= 0.6 is 0 Å². The second-order valence-corrected chi connectivity index (χ2v) is 11.1. The number of aromatic amines is 1. The summed E-state index contributed by atoms with van der Waals surface area (Å²) in [5.74, 6) is 0.163. The van der Waals surface area contributed by atoms with E-state index in [1.165, 1.54) is 0 Å². The summed E-state index contributed by atoms with van der Waals surface area (Å²) in [7, 11) is 0. The van der Waals surface area contributed by atoms with E-state index in [0.29, 0.717) is 32.2 Å². The molecule has 5 atom stereocenters. The molecule has 3 saturated carbocycles. The minimum absolute atomic E-state index is 0.0503. The summed E-state index contributed by atoms with van der Waals surface area (Å²) in [6.45, 7) is 4.37. The molecule has 34 heavy (non-hydrogen) atoms. The monoisotopic (exact) mass is 462 g/mol. The zero-order chi connectivity index (χ0) is 24.1. The first-order valence-corrected chi connectivity index (χ1v) is 12.6. The molecule has 2 N–H and O–H groups in total. The first-order valence-electron chi connectivity index (χ1n) is 12.6. The number of benzene rings is 1. The molecule has 1 amide bonds. The Hall–Kier alpha value is -2.76. The molecule has 0 unspecified atom stereocenters. The van der Waals surface area contributed by atoms with Gasteiger partial charge in [0.05, 0.1) is 0 Å². The predicted molar refractivity (Wildman–Crippen MR) is 129 cm³/mol. The van der Waals surface area contributed by atoms with Gasteiger partial charge in [-0.2, -0.15) is 0 Å². The number of ketones is 3. The van der Waals surface area contributed by atoms with E-state index in [1.807, 2.05) is 38.2 Å². The molecule has 5 rings (SSSR count). The molecular weight excluding hydrogens is 428 g/mol. The molecule has 3 aliphatic rings. The summed E-state index contributed by atoms with van der Waals surface area (Å²) in [4.78, 5) is 54.9.